The molecule has 1 aromatic heterocycles. The average molecular weight is 315 g/mol. The third kappa shape index (κ3) is 3.59. The first-order valence-electron chi connectivity index (χ1n) is 5.53. The van der Waals surface area contributed by atoms with E-state index in [1.807, 2.05) is 19.2 Å². The van der Waals surface area contributed by atoms with Crippen LogP contribution in [0, 0.1) is 0 Å². The third-order valence-electron chi connectivity index (χ3n) is 2.55. The number of aryl methyl sites for hydroxylation is 1. The van der Waals surface area contributed by atoms with Crippen molar-refractivity contribution in [1.29, 1.82) is 0 Å². The van der Waals surface area contributed by atoms with Crippen LogP contribution in [0.2, 0.25) is 10.0 Å². The Morgan fingerprint density at radius 3 is 2.84 bits per heavy atom. The molecule has 100 valence electrons. The molecule has 0 atom stereocenters. The highest BCUT2D eigenvalue weighted by Gasteiger charge is 2.06. The third-order valence-corrected chi connectivity index (χ3v) is 3.62. The Kier molecular flexibility index (Phi) is 4.63. The van der Waals surface area contributed by atoms with Crippen molar-refractivity contribution in [2.24, 2.45) is 7.05 Å². The van der Waals surface area contributed by atoms with Gasteiger partial charge in [0.25, 0.3) is 0 Å². The molecule has 0 aliphatic carbocycles. The van der Waals surface area contributed by atoms with Crippen LogP contribution < -0.4 is 10.6 Å². The summed E-state index contributed by atoms with van der Waals surface area (Å²) in [6.07, 6.45) is 1.74. The van der Waals surface area contributed by atoms with E-state index in [0.717, 1.165) is 5.69 Å². The van der Waals surface area contributed by atoms with Crippen molar-refractivity contribution in [3.05, 3.63) is 46.2 Å². The van der Waals surface area contributed by atoms with E-state index in [9.17, 15) is 0 Å². The summed E-state index contributed by atoms with van der Waals surface area (Å²) in [5.41, 5.74) is 1.71. The molecular weight excluding hydrogens is 303 g/mol. The van der Waals surface area contributed by atoms with E-state index < -0.39 is 0 Å². The number of aromatic nitrogens is 2. The van der Waals surface area contributed by atoms with Crippen LogP contribution in [0.5, 0.6) is 0 Å². The Morgan fingerprint density at radius 1 is 1.37 bits per heavy atom. The zero-order valence-electron chi connectivity index (χ0n) is 10.2. The van der Waals surface area contributed by atoms with Gasteiger partial charge >= 0.3 is 0 Å². The van der Waals surface area contributed by atoms with Crippen LogP contribution in [0.4, 0.5) is 5.69 Å². The maximum absolute atomic E-state index is 6.07. The van der Waals surface area contributed by atoms with Gasteiger partial charge in [-0.2, -0.15) is 5.10 Å². The predicted octanol–water partition coefficient (Wildman–Crippen LogP) is 3.21. The van der Waals surface area contributed by atoms with Gasteiger partial charge in [0.2, 0.25) is 0 Å². The SMILES string of the molecule is Cn1nccc1CNC(=S)Nc1cccc(Cl)c1Cl. The zero-order valence-corrected chi connectivity index (χ0v) is 12.5. The number of nitrogens with zero attached hydrogens (tertiary/aromatic N) is 2. The lowest BCUT2D eigenvalue weighted by Crippen LogP contribution is -2.28. The molecule has 0 spiro atoms. The van der Waals surface area contributed by atoms with E-state index in [0.29, 0.717) is 27.4 Å². The van der Waals surface area contributed by atoms with Crippen molar-refractivity contribution in [2.45, 2.75) is 6.54 Å². The highest BCUT2D eigenvalue weighted by Crippen LogP contribution is 2.29. The van der Waals surface area contributed by atoms with Crippen molar-refractivity contribution in [2.75, 3.05) is 5.32 Å². The molecule has 0 radical (unpaired) electrons. The zero-order chi connectivity index (χ0) is 13.8. The van der Waals surface area contributed by atoms with Gasteiger partial charge in [0.1, 0.15) is 0 Å². The van der Waals surface area contributed by atoms with E-state index in [1.165, 1.54) is 0 Å². The molecule has 0 unspecified atom stereocenters. The van der Waals surface area contributed by atoms with Crippen LogP contribution in [0.1, 0.15) is 5.69 Å². The monoisotopic (exact) mass is 314 g/mol. The van der Waals surface area contributed by atoms with Gasteiger partial charge in [0.05, 0.1) is 28.0 Å². The number of rotatable bonds is 3. The summed E-state index contributed by atoms with van der Waals surface area (Å²) in [4.78, 5) is 0. The molecule has 19 heavy (non-hydrogen) atoms. The maximum Gasteiger partial charge on any atom is 0.171 e. The Balaban J connectivity index is 1.95. The fourth-order valence-corrected chi connectivity index (χ4v) is 2.04. The lowest BCUT2D eigenvalue weighted by Gasteiger charge is -2.12. The minimum absolute atomic E-state index is 0.453. The lowest BCUT2D eigenvalue weighted by atomic mass is 10.3. The first-order chi connectivity index (χ1) is 9.08. The van der Waals surface area contributed by atoms with Gasteiger partial charge in [0, 0.05) is 13.2 Å². The number of hydrogen-bond donors (Lipinski definition) is 2. The second-order valence-electron chi connectivity index (χ2n) is 3.86. The quantitative estimate of drug-likeness (QED) is 0.854. The van der Waals surface area contributed by atoms with Crippen molar-refractivity contribution >= 4 is 46.2 Å². The topological polar surface area (TPSA) is 41.9 Å². The van der Waals surface area contributed by atoms with Crippen molar-refractivity contribution in [1.82, 2.24) is 15.1 Å². The highest BCUT2D eigenvalue weighted by molar-refractivity contribution is 7.80. The maximum atomic E-state index is 6.07. The van der Waals surface area contributed by atoms with Gasteiger partial charge < -0.3 is 10.6 Å². The largest absolute Gasteiger partial charge is 0.357 e. The molecule has 2 aromatic rings. The molecule has 1 heterocycles. The molecule has 0 aliphatic heterocycles. The average Bonchev–Trinajstić information content (AvgIpc) is 2.78. The number of nitrogens with one attached hydrogen (secondary N) is 2. The minimum Gasteiger partial charge on any atom is -0.357 e. The molecule has 0 aliphatic rings. The number of anilines is 1. The van der Waals surface area contributed by atoms with Crippen LogP contribution in [0.25, 0.3) is 0 Å². The lowest BCUT2D eigenvalue weighted by molar-refractivity contribution is 0.695. The van der Waals surface area contributed by atoms with E-state index in [-0.39, 0.29) is 0 Å². The molecule has 2 rings (SSSR count). The van der Waals surface area contributed by atoms with Crippen LogP contribution >= 0.6 is 35.4 Å². The fraction of sp³-hybridized carbons (Fsp3) is 0.167. The van der Waals surface area contributed by atoms with E-state index in [1.54, 1.807) is 23.0 Å². The first-order valence-corrected chi connectivity index (χ1v) is 6.70. The molecule has 0 saturated heterocycles. The van der Waals surface area contributed by atoms with Crippen molar-refractivity contribution < 1.29 is 0 Å². The second kappa shape index (κ2) is 6.23. The molecule has 2 N–H and O–H groups in total. The summed E-state index contributed by atoms with van der Waals surface area (Å²) in [6, 6.07) is 7.26. The Bertz CT molecular complexity index is 597. The van der Waals surface area contributed by atoms with Gasteiger partial charge in [0.15, 0.2) is 5.11 Å². The minimum atomic E-state index is 0.453. The Labute approximate surface area is 126 Å². The molecule has 4 nitrogen and oxygen atoms in total. The number of benzene rings is 1. The second-order valence-corrected chi connectivity index (χ2v) is 5.05. The van der Waals surface area contributed by atoms with Crippen LogP contribution in [-0.2, 0) is 13.6 Å². The first kappa shape index (κ1) is 14.1. The molecule has 7 heteroatoms. The number of halogens is 2. The highest BCUT2D eigenvalue weighted by atomic mass is 35.5. The Hall–Kier alpha value is -1.30. The van der Waals surface area contributed by atoms with Crippen LogP contribution in [0.15, 0.2) is 30.5 Å². The normalized spacial score (nSPS) is 10.3. The summed E-state index contributed by atoms with van der Waals surface area (Å²) in [7, 11) is 1.88. The summed E-state index contributed by atoms with van der Waals surface area (Å²) in [6.45, 7) is 0.584. The van der Waals surface area contributed by atoms with Gasteiger partial charge in [-0.05, 0) is 30.4 Å². The molecule has 1 aromatic carbocycles. The smallest absolute Gasteiger partial charge is 0.171 e. The summed E-state index contributed by atoms with van der Waals surface area (Å²) in [5.74, 6) is 0. The van der Waals surface area contributed by atoms with E-state index in [2.05, 4.69) is 15.7 Å². The van der Waals surface area contributed by atoms with Gasteiger partial charge in [-0.1, -0.05) is 29.3 Å². The van der Waals surface area contributed by atoms with Crippen LogP contribution in [0.3, 0.4) is 0 Å². The van der Waals surface area contributed by atoms with Gasteiger partial charge in [-0.25, -0.2) is 0 Å². The molecule has 0 saturated carbocycles. The van der Waals surface area contributed by atoms with Crippen LogP contribution in [-0.4, -0.2) is 14.9 Å². The molecular formula is C12H12Cl2N4S. The molecule has 0 bridgehead atoms. The van der Waals surface area contributed by atoms with E-state index in [4.69, 9.17) is 35.4 Å². The van der Waals surface area contributed by atoms with Gasteiger partial charge in [-0.15, -0.1) is 0 Å². The predicted molar refractivity (Wildman–Crippen MR) is 82.7 cm³/mol. The number of hydrogen-bond acceptors (Lipinski definition) is 2. The van der Waals surface area contributed by atoms with Crippen molar-refractivity contribution in [3.8, 4) is 0 Å². The number of thiocarbonyl (C=S) groups is 1. The fourth-order valence-electron chi connectivity index (χ4n) is 1.51. The summed E-state index contributed by atoms with van der Waals surface area (Å²) in [5, 5.41) is 11.6. The standard InChI is InChI=1S/C12H12Cl2N4S/c1-18-8(5-6-16-18)7-15-12(19)17-10-4-2-3-9(13)11(10)14/h2-6H,7H2,1H3,(H2,15,17,19). The summed E-state index contributed by atoms with van der Waals surface area (Å²) >= 11 is 17.2. The Morgan fingerprint density at radius 2 is 2.16 bits per heavy atom. The molecule has 0 amide bonds. The summed E-state index contributed by atoms with van der Waals surface area (Å²) < 4.78 is 1.78. The molecule has 0 fully saturated rings. The van der Waals surface area contributed by atoms with E-state index >= 15 is 0 Å². The van der Waals surface area contributed by atoms with Gasteiger partial charge in [-0.3, -0.25) is 4.68 Å². The van der Waals surface area contributed by atoms with Crippen molar-refractivity contribution in [3.63, 3.8) is 0 Å².